The highest BCUT2D eigenvalue weighted by molar-refractivity contribution is 9.12. The predicted molar refractivity (Wildman–Crippen MR) is 61.6 cm³/mol. The fourth-order valence-corrected chi connectivity index (χ4v) is 1.50. The normalized spacial score (nSPS) is 17.7. The molecule has 0 radical (unpaired) electrons. The fraction of sp³-hybridized carbons (Fsp3) is 0. The smallest absolute Gasteiger partial charge is 0.313 e. The topological polar surface area (TPSA) is 59.6 Å². The molecule has 1 amide bonds. The summed E-state index contributed by atoms with van der Waals surface area (Å²) in [7, 11) is 0. The van der Waals surface area contributed by atoms with Gasteiger partial charge >= 0.3 is 5.91 Å². The average molecular weight is 280 g/mol. The van der Waals surface area contributed by atoms with E-state index in [1.54, 1.807) is 6.07 Å². The van der Waals surface area contributed by atoms with Gasteiger partial charge in [-0.3, -0.25) is 9.59 Å². The van der Waals surface area contributed by atoms with Gasteiger partial charge in [-0.25, -0.2) is 4.99 Å². The van der Waals surface area contributed by atoms with Crippen molar-refractivity contribution < 1.29 is 14.0 Å². The maximum atomic E-state index is 11.5. The molecule has 0 spiro atoms. The highest BCUT2D eigenvalue weighted by Gasteiger charge is 2.12. The molecule has 1 aliphatic carbocycles. The minimum absolute atomic E-state index is 0.149. The zero-order valence-electron chi connectivity index (χ0n) is 8.01. The Morgan fingerprint density at radius 1 is 1.38 bits per heavy atom. The Morgan fingerprint density at radius 3 is 2.81 bits per heavy atom. The molecule has 2 rings (SSSR count). The molecule has 80 valence electrons. The molecule has 16 heavy (non-hydrogen) atoms. The summed E-state index contributed by atoms with van der Waals surface area (Å²) in [6, 6.07) is 3.14. The van der Waals surface area contributed by atoms with Crippen molar-refractivity contribution in [2.45, 2.75) is 0 Å². The third-order valence-corrected chi connectivity index (χ3v) is 2.50. The van der Waals surface area contributed by atoms with Crippen molar-refractivity contribution in [3.63, 3.8) is 0 Å². The Morgan fingerprint density at radius 2 is 2.19 bits per heavy atom. The lowest BCUT2D eigenvalue weighted by Crippen LogP contribution is -2.06. The maximum Gasteiger partial charge on any atom is 0.313 e. The molecule has 0 saturated heterocycles. The zero-order valence-corrected chi connectivity index (χ0v) is 9.60. The standard InChI is InChI=1S/C11H6BrNO3/c12-8-6-7(3-4-9(8)14)13-11(15)10-2-1-5-16-10/h1-6H. The van der Waals surface area contributed by atoms with Crippen molar-refractivity contribution in [1.82, 2.24) is 0 Å². The van der Waals surface area contributed by atoms with Gasteiger partial charge in [0, 0.05) is 0 Å². The lowest BCUT2D eigenvalue weighted by molar-refractivity contribution is -0.110. The van der Waals surface area contributed by atoms with Gasteiger partial charge in [0.15, 0.2) is 11.5 Å². The molecule has 5 heteroatoms. The van der Waals surface area contributed by atoms with Crippen LogP contribution >= 0.6 is 15.9 Å². The molecule has 0 aliphatic heterocycles. The molecule has 0 saturated carbocycles. The van der Waals surface area contributed by atoms with Crippen LogP contribution in [0.1, 0.15) is 10.6 Å². The van der Waals surface area contributed by atoms with Gasteiger partial charge in [0.1, 0.15) is 0 Å². The van der Waals surface area contributed by atoms with Crippen LogP contribution < -0.4 is 0 Å². The van der Waals surface area contributed by atoms with Crippen LogP contribution in [0.2, 0.25) is 0 Å². The number of furan rings is 1. The first-order valence-electron chi connectivity index (χ1n) is 4.43. The van der Waals surface area contributed by atoms with Crippen LogP contribution in [-0.2, 0) is 4.79 Å². The van der Waals surface area contributed by atoms with Crippen molar-refractivity contribution in [3.05, 3.63) is 46.9 Å². The van der Waals surface area contributed by atoms with E-state index in [4.69, 9.17) is 4.42 Å². The third kappa shape index (κ3) is 2.25. The number of amides is 1. The number of aliphatic imine (C=N–C) groups is 1. The van der Waals surface area contributed by atoms with Gasteiger partial charge < -0.3 is 4.42 Å². The van der Waals surface area contributed by atoms with E-state index in [-0.39, 0.29) is 11.5 Å². The van der Waals surface area contributed by atoms with Crippen LogP contribution in [0.15, 0.2) is 50.5 Å². The fourth-order valence-electron chi connectivity index (χ4n) is 1.13. The average Bonchev–Trinajstić information content (AvgIpc) is 2.77. The summed E-state index contributed by atoms with van der Waals surface area (Å²) in [5, 5.41) is 0. The van der Waals surface area contributed by atoms with Crippen LogP contribution in [0.4, 0.5) is 0 Å². The Bertz CT molecular complexity index is 523. The van der Waals surface area contributed by atoms with Crippen LogP contribution in [0, 0.1) is 0 Å². The minimum Gasteiger partial charge on any atom is -0.459 e. The number of halogens is 1. The van der Waals surface area contributed by atoms with Crippen molar-refractivity contribution >= 4 is 33.3 Å². The van der Waals surface area contributed by atoms with Crippen LogP contribution in [0.25, 0.3) is 0 Å². The summed E-state index contributed by atoms with van der Waals surface area (Å²) >= 11 is 3.08. The van der Waals surface area contributed by atoms with Crippen LogP contribution in [-0.4, -0.2) is 17.4 Å². The SMILES string of the molecule is O=C1C=CC(=NC(=O)c2ccco2)C=C1Br. The van der Waals surface area contributed by atoms with E-state index >= 15 is 0 Å². The van der Waals surface area contributed by atoms with Gasteiger partial charge in [-0.05, 0) is 46.3 Å². The number of carbonyl (C=O) groups excluding carboxylic acids is 2. The lowest BCUT2D eigenvalue weighted by Gasteiger charge is -2.00. The first-order chi connectivity index (χ1) is 7.66. The summed E-state index contributed by atoms with van der Waals surface area (Å²) in [5.74, 6) is -0.456. The van der Waals surface area contributed by atoms with Crippen molar-refractivity contribution in [1.29, 1.82) is 0 Å². The zero-order chi connectivity index (χ0) is 11.5. The monoisotopic (exact) mass is 279 g/mol. The molecule has 0 atom stereocenters. The second-order valence-electron chi connectivity index (χ2n) is 3.01. The van der Waals surface area contributed by atoms with Crippen molar-refractivity contribution in [2.75, 3.05) is 0 Å². The summed E-state index contributed by atoms with van der Waals surface area (Å²) in [5.41, 5.74) is 0.410. The van der Waals surface area contributed by atoms with Crippen LogP contribution in [0.5, 0.6) is 0 Å². The van der Waals surface area contributed by atoms with Gasteiger partial charge in [-0.2, -0.15) is 0 Å². The van der Waals surface area contributed by atoms with Gasteiger partial charge in [-0.1, -0.05) is 0 Å². The van der Waals surface area contributed by atoms with E-state index in [1.165, 1.54) is 30.6 Å². The molecule has 0 fully saturated rings. The van der Waals surface area contributed by atoms with E-state index in [1.807, 2.05) is 0 Å². The van der Waals surface area contributed by atoms with Gasteiger partial charge in [0.25, 0.3) is 0 Å². The number of rotatable bonds is 1. The number of allylic oxidation sites excluding steroid dienone is 4. The molecular weight excluding hydrogens is 274 g/mol. The Kier molecular flexibility index (Phi) is 2.96. The number of carbonyl (C=O) groups is 2. The summed E-state index contributed by atoms with van der Waals surface area (Å²) in [6.45, 7) is 0. The second kappa shape index (κ2) is 4.40. The first-order valence-corrected chi connectivity index (χ1v) is 5.22. The Balaban J connectivity index is 2.24. The molecule has 1 aromatic rings. The van der Waals surface area contributed by atoms with Crippen LogP contribution in [0.3, 0.4) is 0 Å². The molecule has 1 aromatic heterocycles. The van der Waals surface area contributed by atoms with E-state index in [0.29, 0.717) is 10.2 Å². The largest absolute Gasteiger partial charge is 0.459 e. The number of nitrogens with zero attached hydrogens (tertiary/aromatic N) is 1. The van der Waals surface area contributed by atoms with Crippen molar-refractivity contribution in [3.8, 4) is 0 Å². The molecule has 1 aliphatic rings. The Labute approximate surface area is 99.5 Å². The van der Waals surface area contributed by atoms with Gasteiger partial charge in [-0.15, -0.1) is 0 Å². The first kappa shape index (κ1) is 10.8. The molecule has 0 unspecified atom stereocenters. The summed E-state index contributed by atoms with van der Waals surface area (Å²) in [6.07, 6.45) is 5.72. The summed E-state index contributed by atoms with van der Waals surface area (Å²) < 4.78 is 5.28. The molecule has 4 nitrogen and oxygen atoms in total. The van der Waals surface area contributed by atoms with E-state index in [0.717, 1.165) is 0 Å². The number of hydrogen-bond donors (Lipinski definition) is 0. The number of hydrogen-bond acceptors (Lipinski definition) is 3. The second-order valence-corrected chi connectivity index (χ2v) is 3.86. The lowest BCUT2D eigenvalue weighted by atomic mass is 10.1. The third-order valence-electron chi connectivity index (χ3n) is 1.88. The minimum atomic E-state index is -0.476. The Hall–Kier alpha value is -1.75. The van der Waals surface area contributed by atoms with Crippen molar-refractivity contribution in [2.24, 2.45) is 4.99 Å². The molecule has 1 heterocycles. The number of ketones is 1. The molecule has 0 aromatic carbocycles. The maximum absolute atomic E-state index is 11.5. The highest BCUT2D eigenvalue weighted by atomic mass is 79.9. The molecular formula is C11H6BrNO3. The van der Waals surface area contributed by atoms with Gasteiger partial charge in [0.05, 0.1) is 16.5 Å². The van der Waals surface area contributed by atoms with E-state index in [9.17, 15) is 9.59 Å². The van der Waals surface area contributed by atoms with E-state index < -0.39 is 5.91 Å². The van der Waals surface area contributed by atoms with E-state index in [2.05, 4.69) is 20.9 Å². The summed E-state index contributed by atoms with van der Waals surface area (Å²) in [4.78, 5) is 26.4. The quantitative estimate of drug-likeness (QED) is 0.741. The molecule has 0 bridgehead atoms. The highest BCUT2D eigenvalue weighted by Crippen LogP contribution is 2.13. The molecule has 0 N–H and O–H groups in total. The predicted octanol–water partition coefficient (Wildman–Crippen LogP) is 2.28. The van der Waals surface area contributed by atoms with Gasteiger partial charge in [0.2, 0.25) is 0 Å².